The molecule has 1 fully saturated rings. The number of aromatic nitrogens is 3. The molecule has 2 aromatic rings. The molecule has 2 aromatic heterocycles. The smallest absolute Gasteiger partial charge is 0.186 e. The van der Waals surface area contributed by atoms with Crippen molar-refractivity contribution in [3.63, 3.8) is 0 Å². The Balaban J connectivity index is 1.88. The van der Waals surface area contributed by atoms with Crippen LogP contribution in [0, 0.1) is 0 Å². The average Bonchev–Trinajstić information content (AvgIpc) is 2.89. The van der Waals surface area contributed by atoms with Crippen molar-refractivity contribution in [2.45, 2.75) is 26.2 Å². The minimum absolute atomic E-state index is 0.824. The Hall–Kier alpha value is -1.82. The third-order valence-corrected chi connectivity index (χ3v) is 3.35. The number of hydrazine groups is 1. The minimum atomic E-state index is 0.824. The molecule has 19 heavy (non-hydrogen) atoms. The Labute approximate surface area is 112 Å². The van der Waals surface area contributed by atoms with E-state index in [0.29, 0.717) is 0 Å². The lowest BCUT2D eigenvalue weighted by Gasteiger charge is -2.27. The minimum Gasteiger partial charge on any atom is -0.369 e. The summed E-state index contributed by atoms with van der Waals surface area (Å²) in [7, 11) is 0. The number of rotatable bonds is 4. The maximum atomic E-state index is 4.61. The fourth-order valence-electron chi connectivity index (χ4n) is 2.43. The van der Waals surface area contributed by atoms with Gasteiger partial charge in [-0.25, -0.2) is 15.0 Å². The monoisotopic (exact) mass is 260 g/mol. The zero-order chi connectivity index (χ0) is 13.1. The zero-order valence-electron chi connectivity index (χ0n) is 11.3. The Morgan fingerprint density at radius 3 is 2.89 bits per heavy atom. The van der Waals surface area contributed by atoms with Crippen LogP contribution in [0.3, 0.4) is 0 Å². The topological polar surface area (TPSA) is 57.5 Å². The first-order valence-corrected chi connectivity index (χ1v) is 6.96. The van der Waals surface area contributed by atoms with E-state index in [1.165, 1.54) is 19.3 Å². The quantitative estimate of drug-likeness (QED) is 0.880. The van der Waals surface area contributed by atoms with Gasteiger partial charge in [0.2, 0.25) is 0 Å². The lowest BCUT2D eigenvalue weighted by molar-refractivity contribution is 0.272. The molecule has 0 radical (unpaired) electrons. The van der Waals surface area contributed by atoms with Crippen molar-refractivity contribution in [3.05, 3.63) is 18.6 Å². The SMILES string of the molecule is CCNc1cn2ccnc2c(NN2CCCCC2)n1. The third-order valence-electron chi connectivity index (χ3n) is 3.35. The van der Waals surface area contributed by atoms with Gasteiger partial charge in [-0.05, 0) is 19.8 Å². The highest BCUT2D eigenvalue weighted by atomic mass is 15.5. The van der Waals surface area contributed by atoms with Crippen molar-refractivity contribution < 1.29 is 0 Å². The van der Waals surface area contributed by atoms with Crippen LogP contribution in [0.15, 0.2) is 18.6 Å². The standard InChI is InChI=1S/C13H20N6/c1-2-14-11-10-18-9-6-15-13(18)12(16-11)17-19-7-4-3-5-8-19/h6,9-10,14H,2-5,7-8H2,1H3,(H,16,17). The average molecular weight is 260 g/mol. The number of anilines is 2. The van der Waals surface area contributed by atoms with Crippen LogP contribution in [-0.4, -0.2) is 39.0 Å². The summed E-state index contributed by atoms with van der Waals surface area (Å²) in [6.45, 7) is 5.06. The first-order valence-electron chi connectivity index (χ1n) is 6.96. The number of hydrogen-bond donors (Lipinski definition) is 2. The molecule has 0 saturated carbocycles. The van der Waals surface area contributed by atoms with Crippen LogP contribution in [0.5, 0.6) is 0 Å². The number of fused-ring (bicyclic) bond motifs is 1. The lowest BCUT2D eigenvalue weighted by Crippen LogP contribution is -2.35. The van der Waals surface area contributed by atoms with E-state index in [-0.39, 0.29) is 0 Å². The van der Waals surface area contributed by atoms with E-state index in [4.69, 9.17) is 0 Å². The maximum Gasteiger partial charge on any atom is 0.186 e. The molecule has 0 aromatic carbocycles. The van der Waals surface area contributed by atoms with Gasteiger partial charge >= 0.3 is 0 Å². The molecule has 1 aliphatic heterocycles. The van der Waals surface area contributed by atoms with Crippen molar-refractivity contribution in [3.8, 4) is 0 Å². The Kier molecular flexibility index (Phi) is 3.50. The fourth-order valence-corrected chi connectivity index (χ4v) is 2.43. The first kappa shape index (κ1) is 12.2. The molecule has 0 unspecified atom stereocenters. The highest BCUT2D eigenvalue weighted by molar-refractivity contribution is 5.64. The number of hydrogen-bond acceptors (Lipinski definition) is 5. The highest BCUT2D eigenvalue weighted by Crippen LogP contribution is 2.18. The van der Waals surface area contributed by atoms with E-state index in [2.05, 4.69) is 32.6 Å². The summed E-state index contributed by atoms with van der Waals surface area (Å²) in [4.78, 5) is 8.98. The summed E-state index contributed by atoms with van der Waals surface area (Å²) >= 11 is 0. The van der Waals surface area contributed by atoms with Crippen molar-refractivity contribution in [2.24, 2.45) is 0 Å². The Morgan fingerprint density at radius 2 is 2.11 bits per heavy atom. The molecular weight excluding hydrogens is 240 g/mol. The Morgan fingerprint density at radius 1 is 1.26 bits per heavy atom. The van der Waals surface area contributed by atoms with E-state index < -0.39 is 0 Å². The van der Waals surface area contributed by atoms with Crippen LogP contribution >= 0.6 is 0 Å². The largest absolute Gasteiger partial charge is 0.369 e. The van der Waals surface area contributed by atoms with Crippen molar-refractivity contribution in [1.29, 1.82) is 0 Å². The normalized spacial score (nSPS) is 16.7. The van der Waals surface area contributed by atoms with Crippen LogP contribution in [0.25, 0.3) is 5.65 Å². The number of piperidine rings is 1. The van der Waals surface area contributed by atoms with Crippen molar-refractivity contribution in [1.82, 2.24) is 19.4 Å². The molecule has 3 heterocycles. The molecule has 0 bridgehead atoms. The summed E-state index contributed by atoms with van der Waals surface area (Å²) in [6, 6.07) is 0. The van der Waals surface area contributed by atoms with Gasteiger partial charge in [0.1, 0.15) is 5.82 Å². The van der Waals surface area contributed by atoms with Crippen LogP contribution < -0.4 is 10.7 Å². The summed E-state index contributed by atoms with van der Waals surface area (Å²) in [6.07, 6.45) is 9.51. The second-order valence-electron chi connectivity index (χ2n) is 4.82. The highest BCUT2D eigenvalue weighted by Gasteiger charge is 2.13. The molecule has 2 N–H and O–H groups in total. The summed E-state index contributed by atoms with van der Waals surface area (Å²) in [5, 5.41) is 5.48. The molecule has 0 atom stereocenters. The van der Waals surface area contributed by atoms with Crippen LogP contribution in [-0.2, 0) is 0 Å². The summed E-state index contributed by atoms with van der Waals surface area (Å²) < 4.78 is 2.00. The van der Waals surface area contributed by atoms with E-state index in [1.807, 2.05) is 16.8 Å². The number of nitrogens with zero attached hydrogens (tertiary/aromatic N) is 4. The summed E-state index contributed by atoms with van der Waals surface area (Å²) in [5.41, 5.74) is 4.28. The fraction of sp³-hybridized carbons (Fsp3) is 0.538. The molecule has 0 aliphatic carbocycles. The van der Waals surface area contributed by atoms with E-state index >= 15 is 0 Å². The van der Waals surface area contributed by atoms with Gasteiger partial charge in [-0.15, -0.1) is 0 Å². The second-order valence-corrected chi connectivity index (χ2v) is 4.82. The van der Waals surface area contributed by atoms with Gasteiger partial charge in [0.25, 0.3) is 0 Å². The second kappa shape index (κ2) is 5.44. The number of imidazole rings is 1. The molecule has 6 heteroatoms. The van der Waals surface area contributed by atoms with E-state index in [9.17, 15) is 0 Å². The number of nitrogens with one attached hydrogen (secondary N) is 2. The van der Waals surface area contributed by atoms with Gasteiger partial charge in [0.15, 0.2) is 11.5 Å². The molecule has 102 valence electrons. The van der Waals surface area contributed by atoms with Crippen LogP contribution in [0.2, 0.25) is 0 Å². The lowest BCUT2D eigenvalue weighted by atomic mass is 10.2. The molecule has 0 amide bonds. The van der Waals surface area contributed by atoms with Gasteiger partial charge in [0.05, 0.1) is 6.20 Å². The zero-order valence-corrected chi connectivity index (χ0v) is 11.3. The predicted octanol–water partition coefficient (Wildman–Crippen LogP) is 1.97. The predicted molar refractivity (Wildman–Crippen MR) is 76.2 cm³/mol. The Bertz CT molecular complexity index is 543. The molecule has 6 nitrogen and oxygen atoms in total. The third kappa shape index (κ3) is 2.63. The van der Waals surface area contributed by atoms with E-state index in [0.717, 1.165) is 36.9 Å². The molecule has 1 saturated heterocycles. The molecular formula is C13H20N6. The van der Waals surface area contributed by atoms with Gasteiger partial charge in [-0.3, -0.25) is 5.43 Å². The van der Waals surface area contributed by atoms with Gasteiger partial charge in [-0.2, -0.15) is 0 Å². The van der Waals surface area contributed by atoms with Gasteiger partial charge in [-0.1, -0.05) is 6.42 Å². The van der Waals surface area contributed by atoms with Crippen LogP contribution in [0.4, 0.5) is 11.6 Å². The van der Waals surface area contributed by atoms with Crippen molar-refractivity contribution >= 4 is 17.3 Å². The van der Waals surface area contributed by atoms with E-state index in [1.54, 1.807) is 6.20 Å². The van der Waals surface area contributed by atoms with Gasteiger partial charge < -0.3 is 9.72 Å². The first-order chi connectivity index (χ1) is 9.36. The summed E-state index contributed by atoms with van der Waals surface area (Å²) in [5.74, 6) is 1.69. The molecule has 3 rings (SSSR count). The van der Waals surface area contributed by atoms with Crippen LogP contribution in [0.1, 0.15) is 26.2 Å². The molecule has 0 spiro atoms. The van der Waals surface area contributed by atoms with Gasteiger partial charge in [0, 0.05) is 32.0 Å². The molecule has 1 aliphatic rings. The maximum absolute atomic E-state index is 4.61. The van der Waals surface area contributed by atoms with Crippen molar-refractivity contribution in [2.75, 3.05) is 30.4 Å².